The fraction of sp³-hybridized carbons (Fsp3) is 0.500. The summed E-state index contributed by atoms with van der Waals surface area (Å²) in [5, 5.41) is 2.01. The zero-order valence-electron chi connectivity index (χ0n) is 9.98. The molecule has 1 rings (SSSR count). The summed E-state index contributed by atoms with van der Waals surface area (Å²) in [6, 6.07) is 1.03. The Kier molecular flexibility index (Phi) is 4.32. The molecule has 0 saturated carbocycles. The van der Waals surface area contributed by atoms with Crippen LogP contribution in [-0.4, -0.2) is 12.1 Å². The topological polar surface area (TPSA) is 12.0 Å². The molecule has 102 valence electrons. The Morgan fingerprint density at radius 1 is 1.17 bits per heavy atom. The van der Waals surface area contributed by atoms with Gasteiger partial charge >= 0.3 is 6.18 Å². The van der Waals surface area contributed by atoms with Gasteiger partial charge in [0.25, 0.3) is 6.05 Å². The van der Waals surface area contributed by atoms with Crippen LogP contribution in [0.3, 0.4) is 0 Å². The maximum Gasteiger partial charge on any atom is 0.416 e. The van der Waals surface area contributed by atoms with Crippen molar-refractivity contribution in [3.8, 4) is 0 Å². The summed E-state index contributed by atoms with van der Waals surface area (Å²) in [6.45, 7) is 2.20. The van der Waals surface area contributed by atoms with Gasteiger partial charge in [0.15, 0.2) is 0 Å². The molecule has 0 aliphatic carbocycles. The molecule has 0 fully saturated rings. The predicted molar refractivity (Wildman–Crippen MR) is 58.4 cm³/mol. The third kappa shape index (κ3) is 5.00. The lowest BCUT2D eigenvalue weighted by Gasteiger charge is -2.19. The molecule has 1 aromatic carbocycles. The number of benzene rings is 1. The van der Waals surface area contributed by atoms with Crippen molar-refractivity contribution >= 4 is 0 Å². The first-order valence-corrected chi connectivity index (χ1v) is 5.39. The van der Waals surface area contributed by atoms with Gasteiger partial charge in [-0.05, 0) is 25.0 Å². The minimum Gasteiger partial charge on any atom is -0.256 e. The lowest BCUT2D eigenvalue weighted by Crippen LogP contribution is -2.41. The maximum absolute atomic E-state index is 12.7. The highest BCUT2D eigenvalue weighted by molar-refractivity contribution is 5.26. The lowest BCUT2D eigenvalue weighted by molar-refractivity contribution is -0.137. The van der Waals surface area contributed by atoms with Crippen molar-refractivity contribution in [3.63, 3.8) is 0 Å². The van der Waals surface area contributed by atoms with E-state index >= 15 is 0 Å². The first kappa shape index (κ1) is 14.9. The first-order valence-electron chi connectivity index (χ1n) is 5.39. The Morgan fingerprint density at radius 2 is 1.78 bits per heavy atom. The van der Waals surface area contributed by atoms with Crippen LogP contribution < -0.4 is 5.32 Å². The number of rotatable bonds is 4. The summed E-state index contributed by atoms with van der Waals surface area (Å²) in [7, 11) is 0. The van der Waals surface area contributed by atoms with Crippen molar-refractivity contribution in [1.82, 2.24) is 5.32 Å². The second kappa shape index (κ2) is 5.22. The van der Waals surface area contributed by atoms with Gasteiger partial charge in [-0.1, -0.05) is 18.2 Å². The molecule has 18 heavy (non-hydrogen) atoms. The van der Waals surface area contributed by atoms with Crippen LogP contribution in [0.5, 0.6) is 0 Å². The van der Waals surface area contributed by atoms with Crippen LogP contribution in [-0.2, 0) is 12.6 Å². The summed E-state index contributed by atoms with van der Waals surface area (Å²) in [6.07, 6.45) is -4.31. The van der Waals surface area contributed by atoms with Crippen LogP contribution in [0.25, 0.3) is 0 Å². The van der Waals surface area contributed by atoms with Crippen LogP contribution in [0.4, 0.5) is 22.0 Å². The molecule has 0 radical (unpaired) electrons. The Morgan fingerprint density at radius 3 is 2.28 bits per heavy atom. The molecule has 1 unspecified atom stereocenters. The molecule has 0 spiro atoms. The molecule has 0 saturated heterocycles. The van der Waals surface area contributed by atoms with Gasteiger partial charge in [-0.25, -0.2) is 0 Å². The third-order valence-electron chi connectivity index (χ3n) is 2.30. The Balaban J connectivity index is 2.74. The van der Waals surface area contributed by atoms with E-state index in [0.717, 1.165) is 12.1 Å². The fourth-order valence-electron chi connectivity index (χ4n) is 1.71. The van der Waals surface area contributed by atoms with Crippen LogP contribution in [0.2, 0.25) is 0 Å². The van der Waals surface area contributed by atoms with Crippen LogP contribution in [0, 0.1) is 0 Å². The van der Waals surface area contributed by atoms with Crippen molar-refractivity contribution in [3.05, 3.63) is 35.4 Å². The average Bonchev–Trinajstić information content (AvgIpc) is 2.13. The summed E-state index contributed by atoms with van der Waals surface area (Å²) >= 11 is 0. The van der Waals surface area contributed by atoms with E-state index in [1.807, 2.05) is 5.32 Å². The number of hydrogen-bond donors (Lipinski definition) is 1. The first-order chi connectivity index (χ1) is 8.08. The molecule has 0 aliphatic rings. The lowest BCUT2D eigenvalue weighted by atomic mass is 10.0. The van der Waals surface area contributed by atoms with E-state index in [1.54, 1.807) is 0 Å². The van der Waals surface area contributed by atoms with Gasteiger partial charge in [0.05, 0.1) is 5.56 Å². The van der Waals surface area contributed by atoms with Gasteiger partial charge in [0.1, 0.15) is 0 Å². The minimum atomic E-state index is -4.42. The number of halogens is 5. The molecule has 6 heteroatoms. The molecule has 0 aliphatic heterocycles. The summed E-state index contributed by atoms with van der Waals surface area (Å²) in [5.41, 5.74) is -0.399. The van der Waals surface area contributed by atoms with Crippen molar-refractivity contribution in [1.29, 1.82) is 0 Å². The van der Waals surface area contributed by atoms with Gasteiger partial charge < -0.3 is 0 Å². The highest BCUT2D eigenvalue weighted by atomic mass is 19.4. The molecule has 1 aromatic rings. The van der Waals surface area contributed by atoms with Crippen LogP contribution >= 0.6 is 0 Å². The van der Waals surface area contributed by atoms with E-state index in [4.69, 9.17) is 0 Å². The van der Waals surface area contributed by atoms with E-state index in [-0.39, 0.29) is 6.42 Å². The minimum absolute atomic E-state index is 0.105. The molecule has 0 bridgehead atoms. The van der Waals surface area contributed by atoms with Gasteiger partial charge in [0.2, 0.25) is 0 Å². The standard InChI is InChI=1S/C12H14F5N/c1-8(18-11(2,13)14)6-9-4-3-5-10(7-9)12(15,16)17/h3-5,7-8,18H,6H2,1-2H3. The molecule has 0 aromatic heterocycles. The molecular weight excluding hydrogens is 253 g/mol. The highest BCUT2D eigenvalue weighted by Gasteiger charge is 2.30. The van der Waals surface area contributed by atoms with E-state index in [9.17, 15) is 22.0 Å². The number of nitrogens with one attached hydrogen (secondary N) is 1. The molecule has 0 heterocycles. The molecule has 0 amide bonds. The zero-order valence-corrected chi connectivity index (χ0v) is 9.98. The largest absolute Gasteiger partial charge is 0.416 e. The summed E-state index contributed by atoms with van der Waals surface area (Å²) < 4.78 is 62.6. The van der Waals surface area contributed by atoms with Crippen LogP contribution in [0.1, 0.15) is 25.0 Å². The summed E-state index contributed by atoms with van der Waals surface area (Å²) in [4.78, 5) is 0. The third-order valence-corrected chi connectivity index (χ3v) is 2.30. The molecule has 1 nitrogen and oxygen atoms in total. The van der Waals surface area contributed by atoms with E-state index in [2.05, 4.69) is 0 Å². The average molecular weight is 267 g/mol. The molecule has 1 N–H and O–H groups in total. The van der Waals surface area contributed by atoms with E-state index < -0.39 is 23.8 Å². The molecular formula is C12H14F5N. The highest BCUT2D eigenvalue weighted by Crippen LogP contribution is 2.29. The Bertz CT molecular complexity index is 394. The number of hydrogen-bond acceptors (Lipinski definition) is 1. The maximum atomic E-state index is 12.7. The van der Waals surface area contributed by atoms with E-state index in [1.165, 1.54) is 19.1 Å². The van der Waals surface area contributed by atoms with Crippen molar-refractivity contribution < 1.29 is 22.0 Å². The van der Waals surface area contributed by atoms with Gasteiger partial charge in [-0.15, -0.1) is 0 Å². The fourth-order valence-corrected chi connectivity index (χ4v) is 1.71. The van der Waals surface area contributed by atoms with E-state index in [0.29, 0.717) is 12.5 Å². The van der Waals surface area contributed by atoms with Crippen molar-refractivity contribution in [2.24, 2.45) is 0 Å². The predicted octanol–water partition coefficient (Wildman–Crippen LogP) is 3.84. The normalized spacial score (nSPS) is 14.6. The van der Waals surface area contributed by atoms with Crippen molar-refractivity contribution in [2.75, 3.05) is 0 Å². The molecule has 1 atom stereocenters. The van der Waals surface area contributed by atoms with Gasteiger partial charge in [-0.2, -0.15) is 22.0 Å². The second-order valence-corrected chi connectivity index (χ2v) is 4.34. The monoisotopic (exact) mass is 267 g/mol. The van der Waals surface area contributed by atoms with Crippen molar-refractivity contribution in [2.45, 2.75) is 38.5 Å². The zero-order chi connectivity index (χ0) is 14.0. The Hall–Kier alpha value is -1.17. The quantitative estimate of drug-likeness (QED) is 0.645. The number of alkyl halides is 5. The van der Waals surface area contributed by atoms with Gasteiger partial charge in [0, 0.05) is 13.0 Å². The second-order valence-electron chi connectivity index (χ2n) is 4.34. The summed E-state index contributed by atoms with van der Waals surface area (Å²) in [5.74, 6) is 0. The van der Waals surface area contributed by atoms with Crippen LogP contribution in [0.15, 0.2) is 24.3 Å². The Labute approximate surface area is 102 Å². The van der Waals surface area contributed by atoms with Gasteiger partial charge in [-0.3, -0.25) is 5.32 Å². The smallest absolute Gasteiger partial charge is 0.256 e. The SMILES string of the molecule is CC(Cc1cccc(C(F)(F)F)c1)NC(C)(F)F.